The topological polar surface area (TPSA) is 79.9 Å². The van der Waals surface area contributed by atoms with Crippen molar-refractivity contribution in [2.24, 2.45) is 10.9 Å². The van der Waals surface area contributed by atoms with Crippen molar-refractivity contribution in [1.29, 1.82) is 0 Å². The molecule has 0 bridgehead atoms. The summed E-state index contributed by atoms with van der Waals surface area (Å²) in [7, 11) is 1.47. The van der Waals surface area contributed by atoms with Crippen molar-refractivity contribution in [2.75, 3.05) is 12.4 Å². The predicted octanol–water partition coefficient (Wildman–Crippen LogP) is 1.77. The van der Waals surface area contributed by atoms with Crippen molar-refractivity contribution >= 4 is 11.5 Å². The van der Waals surface area contributed by atoms with Gasteiger partial charge in [-0.1, -0.05) is 5.16 Å². The van der Waals surface area contributed by atoms with Gasteiger partial charge in [0, 0.05) is 30.3 Å². The van der Waals surface area contributed by atoms with Crippen LogP contribution in [0.3, 0.4) is 0 Å². The zero-order valence-electron chi connectivity index (χ0n) is 9.77. The van der Waals surface area contributed by atoms with Crippen LogP contribution >= 0.6 is 0 Å². The monoisotopic (exact) mass is 241 g/mol. The SMILES string of the molecule is COc1cc(F)cc(NC(C)C/C(N)=N/O)c1. The Morgan fingerprint density at radius 1 is 1.59 bits per heavy atom. The highest BCUT2D eigenvalue weighted by molar-refractivity contribution is 5.80. The van der Waals surface area contributed by atoms with Crippen LogP contribution in [0, 0.1) is 5.82 Å². The molecule has 0 radical (unpaired) electrons. The van der Waals surface area contributed by atoms with Crippen LogP contribution < -0.4 is 15.8 Å². The van der Waals surface area contributed by atoms with Gasteiger partial charge in [-0.3, -0.25) is 0 Å². The van der Waals surface area contributed by atoms with Gasteiger partial charge in [0.15, 0.2) is 0 Å². The van der Waals surface area contributed by atoms with Gasteiger partial charge < -0.3 is 21.0 Å². The third kappa shape index (κ3) is 4.18. The first-order chi connectivity index (χ1) is 8.05. The normalized spacial score (nSPS) is 13.2. The first-order valence-electron chi connectivity index (χ1n) is 5.12. The van der Waals surface area contributed by atoms with Gasteiger partial charge in [0.1, 0.15) is 17.4 Å². The molecular formula is C11H16FN3O2. The lowest BCUT2D eigenvalue weighted by atomic mass is 10.2. The van der Waals surface area contributed by atoms with Gasteiger partial charge >= 0.3 is 0 Å². The average Bonchev–Trinajstić information content (AvgIpc) is 2.27. The maximum atomic E-state index is 13.2. The number of halogens is 1. The summed E-state index contributed by atoms with van der Waals surface area (Å²) in [4.78, 5) is 0. The van der Waals surface area contributed by atoms with Gasteiger partial charge in [0.25, 0.3) is 0 Å². The van der Waals surface area contributed by atoms with Crippen LogP contribution in [-0.2, 0) is 0 Å². The molecule has 6 heteroatoms. The van der Waals surface area contributed by atoms with Gasteiger partial charge in [0.2, 0.25) is 0 Å². The lowest BCUT2D eigenvalue weighted by molar-refractivity contribution is 0.316. The van der Waals surface area contributed by atoms with E-state index in [1.807, 2.05) is 6.92 Å². The number of anilines is 1. The van der Waals surface area contributed by atoms with E-state index >= 15 is 0 Å². The molecular weight excluding hydrogens is 225 g/mol. The van der Waals surface area contributed by atoms with E-state index < -0.39 is 0 Å². The summed E-state index contributed by atoms with van der Waals surface area (Å²) in [6.07, 6.45) is 0.356. The van der Waals surface area contributed by atoms with Crippen molar-refractivity contribution in [2.45, 2.75) is 19.4 Å². The molecule has 4 N–H and O–H groups in total. The zero-order valence-corrected chi connectivity index (χ0v) is 9.77. The molecule has 1 unspecified atom stereocenters. The smallest absolute Gasteiger partial charge is 0.141 e. The first kappa shape index (κ1) is 13.1. The van der Waals surface area contributed by atoms with Gasteiger partial charge in [-0.15, -0.1) is 0 Å². The number of ether oxygens (including phenoxy) is 1. The number of hydrogen-bond acceptors (Lipinski definition) is 4. The molecule has 0 saturated carbocycles. The fourth-order valence-corrected chi connectivity index (χ4v) is 1.45. The van der Waals surface area contributed by atoms with Gasteiger partial charge in [-0.25, -0.2) is 4.39 Å². The molecule has 1 atom stereocenters. The Balaban J connectivity index is 2.70. The molecule has 1 aromatic carbocycles. The van der Waals surface area contributed by atoms with Crippen molar-refractivity contribution in [3.05, 3.63) is 24.0 Å². The Morgan fingerprint density at radius 2 is 2.29 bits per heavy atom. The minimum Gasteiger partial charge on any atom is -0.497 e. The number of amidine groups is 1. The van der Waals surface area contributed by atoms with Crippen LogP contribution in [0.25, 0.3) is 0 Å². The summed E-state index contributed by atoms with van der Waals surface area (Å²) in [6, 6.07) is 4.23. The molecule has 0 aliphatic rings. The van der Waals surface area contributed by atoms with E-state index in [4.69, 9.17) is 15.7 Å². The second-order valence-corrected chi connectivity index (χ2v) is 3.72. The number of rotatable bonds is 5. The molecule has 0 saturated heterocycles. The maximum Gasteiger partial charge on any atom is 0.141 e. The Kier molecular flexibility index (Phi) is 4.56. The maximum absolute atomic E-state index is 13.2. The molecule has 0 aliphatic carbocycles. The number of nitrogens with two attached hydrogens (primary N) is 1. The fourth-order valence-electron chi connectivity index (χ4n) is 1.45. The summed E-state index contributed by atoms with van der Waals surface area (Å²) >= 11 is 0. The van der Waals surface area contributed by atoms with E-state index in [2.05, 4.69) is 10.5 Å². The molecule has 0 spiro atoms. The van der Waals surface area contributed by atoms with E-state index in [1.165, 1.54) is 19.2 Å². The number of benzene rings is 1. The number of methoxy groups -OCH3 is 1. The number of nitrogens with zero attached hydrogens (tertiary/aromatic N) is 1. The molecule has 5 nitrogen and oxygen atoms in total. The van der Waals surface area contributed by atoms with Crippen molar-refractivity contribution in [1.82, 2.24) is 0 Å². The lowest BCUT2D eigenvalue weighted by Crippen LogP contribution is -2.24. The average molecular weight is 241 g/mol. The lowest BCUT2D eigenvalue weighted by Gasteiger charge is -2.15. The highest BCUT2D eigenvalue weighted by Crippen LogP contribution is 2.20. The molecule has 0 heterocycles. The van der Waals surface area contributed by atoms with E-state index in [0.717, 1.165) is 0 Å². The van der Waals surface area contributed by atoms with Gasteiger partial charge in [-0.05, 0) is 13.0 Å². The number of hydrogen-bond donors (Lipinski definition) is 3. The quantitative estimate of drug-likeness (QED) is 0.317. The summed E-state index contributed by atoms with van der Waals surface area (Å²) < 4.78 is 18.1. The van der Waals surface area contributed by atoms with Crippen LogP contribution in [-0.4, -0.2) is 24.2 Å². The summed E-state index contributed by atoms with van der Waals surface area (Å²) in [6.45, 7) is 1.84. The zero-order chi connectivity index (χ0) is 12.8. The Labute approximate surface area is 99.1 Å². The van der Waals surface area contributed by atoms with Crippen molar-refractivity contribution in [3.63, 3.8) is 0 Å². The number of oxime groups is 1. The van der Waals surface area contributed by atoms with Crippen LogP contribution in [0.1, 0.15) is 13.3 Å². The summed E-state index contributed by atoms with van der Waals surface area (Å²) in [5.74, 6) is 0.166. The molecule has 1 rings (SSSR count). The minimum atomic E-state index is -0.386. The first-order valence-corrected chi connectivity index (χ1v) is 5.12. The Hall–Kier alpha value is -1.98. The van der Waals surface area contributed by atoms with E-state index in [1.54, 1.807) is 6.07 Å². The molecule has 0 fully saturated rings. The minimum absolute atomic E-state index is 0.0857. The largest absolute Gasteiger partial charge is 0.497 e. The fraction of sp³-hybridized carbons (Fsp3) is 0.364. The molecule has 0 aromatic heterocycles. The molecule has 0 aliphatic heterocycles. The van der Waals surface area contributed by atoms with Crippen LogP contribution in [0.5, 0.6) is 5.75 Å². The van der Waals surface area contributed by atoms with Crippen molar-refractivity contribution in [3.8, 4) is 5.75 Å². The van der Waals surface area contributed by atoms with Gasteiger partial charge in [-0.2, -0.15) is 0 Å². The third-order valence-electron chi connectivity index (χ3n) is 2.16. The second-order valence-electron chi connectivity index (χ2n) is 3.72. The summed E-state index contributed by atoms with van der Waals surface area (Å²) in [5.41, 5.74) is 5.96. The predicted molar refractivity (Wildman–Crippen MR) is 64.1 cm³/mol. The number of nitrogens with one attached hydrogen (secondary N) is 1. The van der Waals surface area contributed by atoms with Gasteiger partial charge in [0.05, 0.1) is 7.11 Å². The third-order valence-corrected chi connectivity index (χ3v) is 2.16. The molecule has 1 aromatic rings. The van der Waals surface area contributed by atoms with Crippen molar-refractivity contribution < 1.29 is 14.3 Å². The highest BCUT2D eigenvalue weighted by Gasteiger charge is 2.07. The van der Waals surface area contributed by atoms with Crippen LogP contribution in [0.2, 0.25) is 0 Å². The van der Waals surface area contributed by atoms with E-state index in [9.17, 15) is 4.39 Å². The second kappa shape index (κ2) is 5.93. The summed E-state index contributed by atoms with van der Waals surface area (Å²) in [5, 5.41) is 14.3. The Bertz CT molecular complexity index is 410. The Morgan fingerprint density at radius 3 is 2.88 bits per heavy atom. The molecule has 94 valence electrons. The van der Waals surface area contributed by atoms with Crippen LogP contribution in [0.4, 0.5) is 10.1 Å². The van der Waals surface area contributed by atoms with Crippen LogP contribution in [0.15, 0.2) is 23.4 Å². The standard InChI is InChI=1S/C11H16FN3O2/c1-7(3-11(13)15-16)14-9-4-8(12)5-10(6-9)17-2/h4-7,14,16H,3H2,1-2H3,(H2,13,15). The molecule has 0 amide bonds. The highest BCUT2D eigenvalue weighted by atomic mass is 19.1. The van der Waals surface area contributed by atoms with E-state index in [-0.39, 0.29) is 17.7 Å². The van der Waals surface area contributed by atoms with E-state index in [0.29, 0.717) is 17.9 Å². The molecule has 17 heavy (non-hydrogen) atoms.